The van der Waals surface area contributed by atoms with E-state index in [0.717, 1.165) is 33.1 Å². The van der Waals surface area contributed by atoms with Gasteiger partial charge in [-0.2, -0.15) is 0 Å². The van der Waals surface area contributed by atoms with Crippen molar-refractivity contribution in [3.63, 3.8) is 0 Å². The van der Waals surface area contributed by atoms with E-state index in [1.54, 1.807) is 33.0 Å². The summed E-state index contributed by atoms with van der Waals surface area (Å²) in [6, 6.07) is 11.6. The van der Waals surface area contributed by atoms with Crippen LogP contribution in [0.4, 0.5) is 16.2 Å². The van der Waals surface area contributed by atoms with Gasteiger partial charge in [-0.25, -0.2) is 9.78 Å². The summed E-state index contributed by atoms with van der Waals surface area (Å²) in [6.45, 7) is 9.80. The minimum absolute atomic E-state index is 0.246. The predicted octanol–water partition coefficient (Wildman–Crippen LogP) is 7.55. The monoisotopic (exact) mass is 545 g/mol. The van der Waals surface area contributed by atoms with Gasteiger partial charge in [0.15, 0.2) is 0 Å². The molecule has 4 aromatic rings. The minimum atomic E-state index is -0.592. The molecular weight excluding hydrogens is 521 g/mol. The van der Waals surface area contributed by atoms with Gasteiger partial charge in [0.2, 0.25) is 0 Å². The van der Waals surface area contributed by atoms with E-state index in [0.29, 0.717) is 34.5 Å². The number of hydrogen-bond donors (Lipinski definition) is 4. The summed E-state index contributed by atoms with van der Waals surface area (Å²) in [5.74, 6) is 0.361. The molecule has 2 aromatic carbocycles. The lowest BCUT2D eigenvalue weighted by Gasteiger charge is -2.20. The maximum Gasteiger partial charge on any atom is 0.413 e. The first kappa shape index (κ1) is 25.9. The fourth-order valence-electron chi connectivity index (χ4n) is 3.79. The molecule has 0 unspecified atom stereocenters. The molecule has 0 spiro atoms. The maximum absolute atomic E-state index is 12.0. The third-order valence-electron chi connectivity index (χ3n) is 5.22. The molecule has 7 nitrogen and oxygen atoms in total. The number of pyridine rings is 1. The van der Waals surface area contributed by atoms with Crippen molar-refractivity contribution in [3.05, 3.63) is 75.8 Å². The van der Waals surface area contributed by atoms with Gasteiger partial charge in [0.25, 0.3) is 0 Å². The number of benzene rings is 2. The molecule has 1 amide bonds. The molecule has 0 atom stereocenters. The van der Waals surface area contributed by atoms with Crippen LogP contribution in [0.1, 0.15) is 26.3 Å². The molecule has 0 bridgehead atoms. The topological polar surface area (TPSA) is 91.1 Å². The number of hydrogen-bond acceptors (Lipinski definition) is 5. The van der Waals surface area contributed by atoms with Crippen molar-refractivity contribution in [1.29, 1.82) is 0 Å². The van der Waals surface area contributed by atoms with Crippen molar-refractivity contribution in [1.82, 2.24) is 20.6 Å². The van der Waals surface area contributed by atoms with Crippen molar-refractivity contribution in [2.24, 2.45) is 0 Å². The third kappa shape index (κ3) is 6.35. The van der Waals surface area contributed by atoms with Gasteiger partial charge in [-0.3, -0.25) is 5.32 Å². The van der Waals surface area contributed by atoms with Crippen LogP contribution in [0.15, 0.2) is 55.0 Å². The highest BCUT2D eigenvalue weighted by molar-refractivity contribution is 6.41. The number of anilines is 2. The first-order valence-corrected chi connectivity index (χ1v) is 12.4. The van der Waals surface area contributed by atoms with Crippen molar-refractivity contribution in [3.8, 4) is 0 Å². The van der Waals surface area contributed by atoms with E-state index in [1.165, 1.54) is 0 Å². The van der Waals surface area contributed by atoms with E-state index in [2.05, 4.69) is 32.5 Å². The molecule has 0 radical (unpaired) electrons. The lowest BCUT2D eigenvalue weighted by Crippen LogP contribution is -2.36. The number of nitrogens with zero attached hydrogens (tertiary/aromatic N) is 1. The summed E-state index contributed by atoms with van der Waals surface area (Å²) in [7, 11) is 0. The van der Waals surface area contributed by atoms with E-state index in [4.69, 9.17) is 39.5 Å². The number of H-pyrrole nitrogens is 1. The SMILES string of the molecule is C=C(NCCc1cc(Nc2cnc(Cl)c(Cl)c2)cc2c1[nH]c1ccc(Cl)cc12)NC(=O)OC(C)(C)C. The Kier molecular flexibility index (Phi) is 7.54. The van der Waals surface area contributed by atoms with Gasteiger partial charge in [-0.05, 0) is 69.2 Å². The molecule has 0 fully saturated rings. The lowest BCUT2D eigenvalue weighted by molar-refractivity contribution is 0.0542. The zero-order chi connectivity index (χ0) is 26.0. The van der Waals surface area contributed by atoms with E-state index in [9.17, 15) is 4.79 Å². The molecule has 188 valence electrons. The number of carbonyl (C=O) groups excluding carboxylic acids is 1. The Morgan fingerprint density at radius 2 is 1.86 bits per heavy atom. The Morgan fingerprint density at radius 1 is 1.08 bits per heavy atom. The van der Waals surface area contributed by atoms with Crippen LogP contribution in [0, 0.1) is 0 Å². The van der Waals surface area contributed by atoms with Gasteiger partial charge < -0.3 is 20.4 Å². The Morgan fingerprint density at radius 3 is 2.58 bits per heavy atom. The second kappa shape index (κ2) is 10.5. The maximum atomic E-state index is 12.0. The number of aromatic nitrogens is 2. The second-order valence-electron chi connectivity index (χ2n) is 9.28. The van der Waals surface area contributed by atoms with Crippen LogP contribution >= 0.6 is 34.8 Å². The van der Waals surface area contributed by atoms with E-state index < -0.39 is 11.7 Å². The number of fused-ring (bicyclic) bond motifs is 3. The Bertz CT molecular complexity index is 1460. The number of alkyl carbamates (subject to hydrolysis) is 1. The lowest BCUT2D eigenvalue weighted by atomic mass is 10.0. The highest BCUT2D eigenvalue weighted by Crippen LogP contribution is 2.34. The van der Waals surface area contributed by atoms with E-state index in [1.807, 2.05) is 30.3 Å². The van der Waals surface area contributed by atoms with Gasteiger partial charge in [0.1, 0.15) is 16.6 Å². The zero-order valence-electron chi connectivity index (χ0n) is 20.1. The molecule has 0 aliphatic heterocycles. The molecule has 4 rings (SSSR count). The predicted molar refractivity (Wildman–Crippen MR) is 149 cm³/mol. The average molecular weight is 547 g/mol. The molecule has 2 aromatic heterocycles. The van der Waals surface area contributed by atoms with Crippen molar-refractivity contribution >= 4 is 74.1 Å². The van der Waals surface area contributed by atoms with Crippen LogP contribution in [-0.2, 0) is 11.2 Å². The first-order valence-electron chi connectivity index (χ1n) is 11.2. The van der Waals surface area contributed by atoms with Crippen LogP contribution in [0.2, 0.25) is 15.2 Å². The second-order valence-corrected chi connectivity index (χ2v) is 10.5. The van der Waals surface area contributed by atoms with Crippen LogP contribution in [0.3, 0.4) is 0 Å². The molecule has 0 saturated heterocycles. The standard InChI is InChI=1S/C26H26Cl3N5O2/c1-14(32-25(35)36-26(2,3)4)30-8-7-15-9-17(33-18-12-21(28)24(29)31-13-18)11-20-19-10-16(27)5-6-22(19)34-23(15)20/h5-6,9-13,30,33-34H,1,7-8H2,2-4H3,(H,32,35). The number of rotatable bonds is 7. The van der Waals surface area contributed by atoms with Gasteiger partial charge >= 0.3 is 6.09 Å². The zero-order valence-corrected chi connectivity index (χ0v) is 22.3. The van der Waals surface area contributed by atoms with Crippen LogP contribution in [0.25, 0.3) is 21.8 Å². The summed E-state index contributed by atoms with van der Waals surface area (Å²) in [5.41, 5.74) is 3.99. The number of amides is 1. The highest BCUT2D eigenvalue weighted by atomic mass is 35.5. The van der Waals surface area contributed by atoms with E-state index in [-0.39, 0.29) is 5.15 Å². The summed E-state index contributed by atoms with van der Waals surface area (Å²) in [5, 5.41) is 12.4. The largest absolute Gasteiger partial charge is 0.444 e. The van der Waals surface area contributed by atoms with Gasteiger partial charge in [-0.15, -0.1) is 0 Å². The Labute approximate surface area is 224 Å². The van der Waals surface area contributed by atoms with E-state index >= 15 is 0 Å². The average Bonchev–Trinajstić information content (AvgIpc) is 3.13. The number of ether oxygens (including phenoxy) is 1. The van der Waals surface area contributed by atoms with Crippen LogP contribution in [0.5, 0.6) is 0 Å². The Balaban J connectivity index is 1.58. The van der Waals surface area contributed by atoms with Crippen LogP contribution < -0.4 is 16.0 Å². The van der Waals surface area contributed by atoms with Gasteiger partial charge in [-0.1, -0.05) is 41.4 Å². The molecular formula is C26H26Cl3N5O2. The molecule has 0 aliphatic carbocycles. The first-order chi connectivity index (χ1) is 17.0. The molecule has 36 heavy (non-hydrogen) atoms. The minimum Gasteiger partial charge on any atom is -0.444 e. The number of halogens is 3. The van der Waals surface area contributed by atoms with Crippen molar-refractivity contribution in [2.45, 2.75) is 32.8 Å². The normalized spacial score (nSPS) is 11.5. The fourth-order valence-corrected chi connectivity index (χ4v) is 4.23. The molecule has 4 N–H and O–H groups in total. The fraction of sp³-hybridized carbons (Fsp3) is 0.231. The number of carbonyl (C=O) groups is 1. The number of aromatic amines is 1. The summed E-state index contributed by atoms with van der Waals surface area (Å²) >= 11 is 18.4. The third-order valence-corrected chi connectivity index (χ3v) is 6.14. The molecule has 10 heteroatoms. The van der Waals surface area contributed by atoms with Gasteiger partial charge in [0.05, 0.1) is 16.9 Å². The van der Waals surface area contributed by atoms with Gasteiger partial charge in [0, 0.05) is 39.1 Å². The summed E-state index contributed by atoms with van der Waals surface area (Å²) < 4.78 is 5.26. The Hall–Kier alpha value is -3.13. The highest BCUT2D eigenvalue weighted by Gasteiger charge is 2.17. The molecule has 0 saturated carbocycles. The smallest absolute Gasteiger partial charge is 0.413 e. The molecule has 0 aliphatic rings. The quantitative estimate of drug-likeness (QED) is 0.180. The summed E-state index contributed by atoms with van der Waals surface area (Å²) in [4.78, 5) is 19.6. The van der Waals surface area contributed by atoms with Crippen molar-refractivity contribution < 1.29 is 9.53 Å². The number of nitrogens with one attached hydrogen (secondary N) is 4. The van der Waals surface area contributed by atoms with Crippen LogP contribution in [-0.4, -0.2) is 28.2 Å². The molecule has 2 heterocycles. The van der Waals surface area contributed by atoms with Crippen molar-refractivity contribution in [2.75, 3.05) is 11.9 Å². The summed E-state index contributed by atoms with van der Waals surface area (Å²) in [6.07, 6.45) is 1.70.